The first kappa shape index (κ1) is 13.4. The van der Waals surface area contributed by atoms with Crippen molar-refractivity contribution < 1.29 is 4.74 Å². The van der Waals surface area contributed by atoms with E-state index in [1.54, 1.807) is 0 Å². The van der Waals surface area contributed by atoms with Crippen molar-refractivity contribution in [3.63, 3.8) is 0 Å². The van der Waals surface area contributed by atoms with Gasteiger partial charge >= 0.3 is 0 Å². The highest BCUT2D eigenvalue weighted by atomic mass is 16.5. The second kappa shape index (κ2) is 5.71. The predicted molar refractivity (Wildman–Crippen MR) is 72.2 cm³/mol. The largest absolute Gasteiger partial charge is 0.381 e. The van der Waals surface area contributed by atoms with Crippen LogP contribution in [-0.4, -0.2) is 25.3 Å². The van der Waals surface area contributed by atoms with Gasteiger partial charge < -0.3 is 10.1 Å². The lowest BCUT2D eigenvalue weighted by Crippen LogP contribution is -2.37. The van der Waals surface area contributed by atoms with Crippen LogP contribution in [0.25, 0.3) is 0 Å². The maximum Gasteiger partial charge on any atom is 0.0586 e. The first-order valence-electron chi connectivity index (χ1n) is 7.38. The van der Waals surface area contributed by atoms with E-state index >= 15 is 0 Å². The second-order valence-electron chi connectivity index (χ2n) is 6.83. The van der Waals surface area contributed by atoms with Gasteiger partial charge in [-0.3, -0.25) is 0 Å². The molecular weight excluding hydrogens is 210 g/mol. The van der Waals surface area contributed by atoms with Gasteiger partial charge in [0.25, 0.3) is 0 Å². The molecule has 2 aliphatic rings. The van der Waals surface area contributed by atoms with Crippen molar-refractivity contribution in [3.05, 3.63) is 0 Å². The van der Waals surface area contributed by atoms with Crippen molar-refractivity contribution in [2.75, 3.05) is 7.11 Å². The van der Waals surface area contributed by atoms with Crippen LogP contribution in [-0.2, 0) is 4.74 Å². The van der Waals surface area contributed by atoms with Crippen molar-refractivity contribution in [2.24, 2.45) is 5.41 Å². The zero-order chi connectivity index (χ0) is 12.3. The highest BCUT2D eigenvalue weighted by Crippen LogP contribution is 2.34. The molecule has 0 amide bonds. The van der Waals surface area contributed by atoms with E-state index in [0.717, 1.165) is 6.04 Å². The van der Waals surface area contributed by atoms with E-state index in [4.69, 9.17) is 4.74 Å². The molecule has 0 radical (unpaired) electrons. The van der Waals surface area contributed by atoms with Gasteiger partial charge in [-0.25, -0.2) is 0 Å². The fourth-order valence-corrected chi connectivity index (χ4v) is 3.47. The monoisotopic (exact) mass is 239 g/mol. The molecule has 2 nitrogen and oxygen atoms in total. The maximum atomic E-state index is 5.45. The van der Waals surface area contributed by atoms with E-state index in [2.05, 4.69) is 19.2 Å². The van der Waals surface area contributed by atoms with E-state index in [1.165, 1.54) is 51.4 Å². The third-order valence-corrected chi connectivity index (χ3v) is 4.76. The normalized spacial score (nSPS) is 37.9. The van der Waals surface area contributed by atoms with Crippen LogP contribution in [0.15, 0.2) is 0 Å². The number of nitrogens with one attached hydrogen (secondary N) is 1. The summed E-state index contributed by atoms with van der Waals surface area (Å²) < 4.78 is 5.45. The first-order chi connectivity index (χ1) is 8.09. The Hall–Kier alpha value is -0.0800. The van der Waals surface area contributed by atoms with Gasteiger partial charge in [-0.15, -0.1) is 0 Å². The summed E-state index contributed by atoms with van der Waals surface area (Å²) in [6.07, 6.45) is 11.2. The van der Waals surface area contributed by atoms with Gasteiger partial charge in [-0.05, 0) is 50.4 Å². The number of ether oxygens (including phenoxy) is 1. The molecule has 2 rings (SSSR count). The molecule has 0 aromatic carbocycles. The third kappa shape index (κ3) is 3.96. The molecule has 1 N–H and O–H groups in total. The SMILES string of the molecule is COC1CCC(NC2CCCC(C)(C)CC2)C1. The molecule has 100 valence electrons. The average Bonchev–Trinajstić information content (AvgIpc) is 2.66. The molecule has 0 aliphatic heterocycles. The molecule has 3 atom stereocenters. The van der Waals surface area contributed by atoms with Crippen molar-refractivity contribution >= 4 is 0 Å². The van der Waals surface area contributed by atoms with E-state index in [1.807, 2.05) is 7.11 Å². The summed E-state index contributed by atoms with van der Waals surface area (Å²) >= 11 is 0. The van der Waals surface area contributed by atoms with Crippen LogP contribution in [0.2, 0.25) is 0 Å². The molecule has 3 unspecified atom stereocenters. The highest BCUT2D eigenvalue weighted by molar-refractivity contribution is 4.86. The topological polar surface area (TPSA) is 21.3 Å². The number of methoxy groups -OCH3 is 1. The van der Waals surface area contributed by atoms with E-state index in [-0.39, 0.29) is 0 Å². The van der Waals surface area contributed by atoms with Crippen molar-refractivity contribution in [1.29, 1.82) is 0 Å². The summed E-state index contributed by atoms with van der Waals surface area (Å²) in [5.41, 5.74) is 0.571. The average molecular weight is 239 g/mol. The van der Waals surface area contributed by atoms with Crippen LogP contribution in [0.4, 0.5) is 0 Å². The predicted octanol–water partition coefficient (Wildman–Crippen LogP) is 3.50. The summed E-state index contributed by atoms with van der Waals surface area (Å²) in [4.78, 5) is 0. The standard InChI is InChI=1S/C15H29NO/c1-15(2)9-4-5-12(8-10-15)16-13-6-7-14(11-13)17-3/h12-14,16H,4-11H2,1-3H3. The van der Waals surface area contributed by atoms with Gasteiger partial charge in [0.1, 0.15) is 0 Å². The van der Waals surface area contributed by atoms with Crippen molar-refractivity contribution in [1.82, 2.24) is 5.32 Å². The maximum absolute atomic E-state index is 5.45. The lowest BCUT2D eigenvalue weighted by atomic mass is 9.85. The van der Waals surface area contributed by atoms with Gasteiger partial charge in [-0.1, -0.05) is 20.3 Å². The van der Waals surface area contributed by atoms with E-state index in [0.29, 0.717) is 17.6 Å². The van der Waals surface area contributed by atoms with Gasteiger partial charge in [-0.2, -0.15) is 0 Å². The number of hydrogen-bond donors (Lipinski definition) is 1. The zero-order valence-corrected chi connectivity index (χ0v) is 11.8. The Morgan fingerprint density at radius 2 is 1.82 bits per heavy atom. The summed E-state index contributed by atoms with van der Waals surface area (Å²) in [6.45, 7) is 4.85. The lowest BCUT2D eigenvalue weighted by molar-refractivity contribution is 0.106. The van der Waals surface area contributed by atoms with Crippen molar-refractivity contribution in [3.8, 4) is 0 Å². The molecular formula is C15H29NO. The second-order valence-corrected chi connectivity index (χ2v) is 6.83. The Balaban J connectivity index is 1.76. The molecule has 2 saturated carbocycles. The molecule has 2 heteroatoms. The van der Waals surface area contributed by atoms with Crippen LogP contribution in [0, 0.1) is 5.41 Å². The smallest absolute Gasteiger partial charge is 0.0586 e. The van der Waals surface area contributed by atoms with E-state index < -0.39 is 0 Å². The zero-order valence-electron chi connectivity index (χ0n) is 11.8. The minimum atomic E-state index is 0.509. The summed E-state index contributed by atoms with van der Waals surface area (Å²) in [7, 11) is 1.85. The van der Waals surface area contributed by atoms with E-state index in [9.17, 15) is 0 Å². The Morgan fingerprint density at radius 3 is 2.53 bits per heavy atom. The Kier molecular flexibility index (Phi) is 4.48. The fourth-order valence-electron chi connectivity index (χ4n) is 3.47. The molecule has 2 fully saturated rings. The summed E-state index contributed by atoms with van der Waals surface area (Å²) in [5, 5.41) is 3.88. The van der Waals surface area contributed by atoms with Gasteiger partial charge in [0.15, 0.2) is 0 Å². The van der Waals surface area contributed by atoms with Crippen LogP contribution >= 0.6 is 0 Å². The Labute approximate surface area is 107 Å². The summed E-state index contributed by atoms with van der Waals surface area (Å²) in [5.74, 6) is 0. The number of rotatable bonds is 3. The van der Waals surface area contributed by atoms with Crippen LogP contribution in [0.1, 0.15) is 65.2 Å². The quantitative estimate of drug-likeness (QED) is 0.761. The number of hydrogen-bond acceptors (Lipinski definition) is 2. The summed E-state index contributed by atoms with van der Waals surface area (Å²) in [6, 6.07) is 1.48. The molecule has 0 aromatic heterocycles. The van der Waals surface area contributed by atoms with Gasteiger partial charge in [0, 0.05) is 19.2 Å². The molecule has 0 bridgehead atoms. The van der Waals surface area contributed by atoms with Crippen LogP contribution in [0.3, 0.4) is 0 Å². The molecule has 0 saturated heterocycles. The highest BCUT2D eigenvalue weighted by Gasteiger charge is 2.29. The molecule has 0 aromatic rings. The van der Waals surface area contributed by atoms with Crippen LogP contribution in [0.5, 0.6) is 0 Å². The minimum absolute atomic E-state index is 0.509. The first-order valence-corrected chi connectivity index (χ1v) is 7.38. The third-order valence-electron chi connectivity index (χ3n) is 4.76. The van der Waals surface area contributed by atoms with Crippen molar-refractivity contribution in [2.45, 2.75) is 83.4 Å². The Bertz CT molecular complexity index is 239. The van der Waals surface area contributed by atoms with Crippen LogP contribution < -0.4 is 5.32 Å². The lowest BCUT2D eigenvalue weighted by Gasteiger charge is -2.24. The fraction of sp³-hybridized carbons (Fsp3) is 1.00. The molecule has 0 heterocycles. The Morgan fingerprint density at radius 1 is 1.00 bits per heavy atom. The molecule has 17 heavy (non-hydrogen) atoms. The minimum Gasteiger partial charge on any atom is -0.381 e. The molecule has 0 spiro atoms. The molecule has 2 aliphatic carbocycles. The van der Waals surface area contributed by atoms with Gasteiger partial charge in [0.2, 0.25) is 0 Å². The van der Waals surface area contributed by atoms with Gasteiger partial charge in [0.05, 0.1) is 6.10 Å².